The second-order valence-corrected chi connectivity index (χ2v) is 9.57. The number of ether oxygens (including phenoxy) is 1. The van der Waals surface area contributed by atoms with Gasteiger partial charge in [-0.2, -0.15) is 4.98 Å². The Morgan fingerprint density at radius 1 is 1.10 bits per heavy atom. The molecule has 0 fully saturated rings. The number of imidazole rings is 1. The van der Waals surface area contributed by atoms with Crippen LogP contribution in [0.2, 0.25) is 0 Å². The number of nitrogens with zero attached hydrogens (tertiary/aromatic N) is 4. The number of aromatic nitrogens is 4. The smallest absolute Gasteiger partial charge is 0.408 e. The number of hydrogen-bond donors (Lipinski definition) is 2. The molecule has 0 spiro atoms. The van der Waals surface area contributed by atoms with Crippen LogP contribution in [-0.2, 0) is 25.4 Å². The molecule has 2 aromatic rings. The van der Waals surface area contributed by atoms with Gasteiger partial charge in [-0.15, -0.1) is 0 Å². The van der Waals surface area contributed by atoms with Gasteiger partial charge >= 0.3 is 11.8 Å². The van der Waals surface area contributed by atoms with Crippen molar-refractivity contribution in [3.8, 4) is 0 Å². The van der Waals surface area contributed by atoms with Crippen LogP contribution >= 0.6 is 0 Å². The summed E-state index contributed by atoms with van der Waals surface area (Å²) in [5.41, 5.74) is -0.399. The fourth-order valence-corrected chi connectivity index (χ4v) is 2.96. The predicted molar refractivity (Wildman–Crippen MR) is 122 cm³/mol. The summed E-state index contributed by atoms with van der Waals surface area (Å²) in [7, 11) is 3.03. The van der Waals surface area contributed by atoms with Crippen LogP contribution in [0.25, 0.3) is 11.2 Å². The number of carbonyl (C=O) groups is 1. The highest BCUT2D eigenvalue weighted by Crippen LogP contribution is 2.17. The first kappa shape index (κ1) is 24.2. The first-order chi connectivity index (χ1) is 14.1. The van der Waals surface area contributed by atoms with Crippen molar-refractivity contribution >= 4 is 23.2 Å². The minimum atomic E-state index is -0.668. The number of allylic oxidation sites excluding steroid dienone is 2. The molecule has 0 aliphatic rings. The molecule has 0 unspecified atom stereocenters. The normalized spacial score (nSPS) is 12.0. The van der Waals surface area contributed by atoms with Crippen molar-refractivity contribution in [2.45, 2.75) is 66.2 Å². The van der Waals surface area contributed by atoms with E-state index >= 15 is 0 Å². The Kier molecular flexibility index (Phi) is 6.72. The molecule has 2 heterocycles. The SMILES string of the molecule is CC(C)=CCn1c(NCC(C)(C)NC(=O)OC(C)(C)C)nc2c1c(=O)n(C)c(=O)n2C. The highest BCUT2D eigenvalue weighted by molar-refractivity contribution is 5.74. The summed E-state index contributed by atoms with van der Waals surface area (Å²) < 4.78 is 9.50. The maximum absolute atomic E-state index is 12.8. The number of rotatable bonds is 6. The minimum absolute atomic E-state index is 0.302. The minimum Gasteiger partial charge on any atom is -0.444 e. The topological polar surface area (TPSA) is 112 Å². The van der Waals surface area contributed by atoms with Crippen molar-refractivity contribution in [2.75, 3.05) is 11.9 Å². The number of nitrogens with one attached hydrogen (secondary N) is 2. The highest BCUT2D eigenvalue weighted by Gasteiger charge is 2.26. The largest absolute Gasteiger partial charge is 0.444 e. The molecule has 0 saturated carbocycles. The molecule has 0 saturated heterocycles. The van der Waals surface area contributed by atoms with Crippen molar-refractivity contribution in [1.82, 2.24) is 24.0 Å². The van der Waals surface area contributed by atoms with Gasteiger partial charge in [0.05, 0.1) is 5.54 Å². The molecule has 31 heavy (non-hydrogen) atoms. The standard InChI is InChI=1S/C21H34N6O4/c1-13(2)10-11-27-14-15(25(8)19(30)26(9)16(14)28)23-17(27)22-12-21(6,7)24-18(29)31-20(3,4)5/h10H,11-12H2,1-9H3,(H,22,23)(H,24,29). The zero-order chi connectivity index (χ0) is 23.7. The summed E-state index contributed by atoms with van der Waals surface area (Å²) >= 11 is 0. The van der Waals surface area contributed by atoms with Crippen molar-refractivity contribution in [1.29, 1.82) is 0 Å². The summed E-state index contributed by atoms with van der Waals surface area (Å²) in [6.07, 6.45) is 1.45. The van der Waals surface area contributed by atoms with Gasteiger partial charge < -0.3 is 19.9 Å². The average molecular weight is 435 g/mol. The molecule has 0 atom stereocenters. The fraction of sp³-hybridized carbons (Fsp3) is 0.619. The van der Waals surface area contributed by atoms with Gasteiger partial charge in [-0.1, -0.05) is 11.6 Å². The first-order valence-electron chi connectivity index (χ1n) is 10.2. The molecule has 0 bridgehead atoms. The number of anilines is 1. The van der Waals surface area contributed by atoms with E-state index in [1.807, 2.05) is 33.8 Å². The molecule has 2 aromatic heterocycles. The number of carbonyl (C=O) groups excluding carboxylic acids is 1. The summed E-state index contributed by atoms with van der Waals surface area (Å²) in [4.78, 5) is 41.8. The molecule has 2 N–H and O–H groups in total. The van der Waals surface area contributed by atoms with Crippen LogP contribution in [0.1, 0.15) is 48.5 Å². The van der Waals surface area contributed by atoms with Crippen molar-refractivity contribution in [3.05, 3.63) is 32.5 Å². The molecule has 10 nitrogen and oxygen atoms in total. The van der Waals surface area contributed by atoms with Crippen molar-refractivity contribution in [3.63, 3.8) is 0 Å². The van der Waals surface area contributed by atoms with Gasteiger partial charge in [0.15, 0.2) is 11.2 Å². The zero-order valence-corrected chi connectivity index (χ0v) is 19.9. The molecular weight excluding hydrogens is 400 g/mol. The Morgan fingerprint density at radius 2 is 1.71 bits per heavy atom. The van der Waals surface area contributed by atoms with E-state index in [4.69, 9.17) is 4.74 Å². The summed E-state index contributed by atoms with van der Waals surface area (Å²) in [6, 6.07) is 0. The van der Waals surface area contributed by atoms with E-state index in [2.05, 4.69) is 15.6 Å². The van der Waals surface area contributed by atoms with E-state index in [0.717, 1.165) is 10.1 Å². The van der Waals surface area contributed by atoms with Crippen LogP contribution in [-0.4, -0.2) is 42.5 Å². The van der Waals surface area contributed by atoms with Gasteiger partial charge in [-0.05, 0) is 48.5 Å². The molecule has 10 heteroatoms. The van der Waals surface area contributed by atoms with Gasteiger partial charge in [0.1, 0.15) is 5.60 Å². The molecule has 172 valence electrons. The second kappa shape index (κ2) is 8.60. The van der Waals surface area contributed by atoms with Crippen LogP contribution in [0.3, 0.4) is 0 Å². The highest BCUT2D eigenvalue weighted by atomic mass is 16.6. The number of amides is 1. The maximum atomic E-state index is 12.8. The van der Waals surface area contributed by atoms with Crippen LogP contribution < -0.4 is 21.9 Å². The molecule has 0 aromatic carbocycles. The molecule has 0 radical (unpaired) electrons. The number of alkyl carbamates (subject to hydrolysis) is 1. The van der Waals surface area contributed by atoms with Gasteiger partial charge in [-0.25, -0.2) is 9.59 Å². The van der Waals surface area contributed by atoms with E-state index in [1.165, 1.54) is 11.6 Å². The maximum Gasteiger partial charge on any atom is 0.408 e. The lowest BCUT2D eigenvalue weighted by molar-refractivity contribution is 0.0477. The zero-order valence-electron chi connectivity index (χ0n) is 19.9. The van der Waals surface area contributed by atoms with Crippen LogP contribution in [0.4, 0.5) is 10.7 Å². The van der Waals surface area contributed by atoms with E-state index in [1.54, 1.807) is 32.4 Å². The van der Waals surface area contributed by atoms with Gasteiger partial charge in [0.25, 0.3) is 5.56 Å². The Bertz CT molecular complexity index is 1120. The summed E-state index contributed by atoms with van der Waals surface area (Å²) in [5.74, 6) is 0.435. The number of hydrogen-bond acceptors (Lipinski definition) is 6. The van der Waals surface area contributed by atoms with E-state index < -0.39 is 28.5 Å². The first-order valence-corrected chi connectivity index (χ1v) is 10.2. The van der Waals surface area contributed by atoms with Crippen molar-refractivity contribution in [2.24, 2.45) is 14.1 Å². The Labute approximate surface area is 181 Å². The van der Waals surface area contributed by atoms with E-state index in [0.29, 0.717) is 30.2 Å². The molecule has 2 rings (SSSR count). The summed E-state index contributed by atoms with van der Waals surface area (Å²) in [5, 5.41) is 6.05. The van der Waals surface area contributed by atoms with Crippen LogP contribution in [0.5, 0.6) is 0 Å². The average Bonchev–Trinajstić information content (AvgIpc) is 2.98. The third-order valence-electron chi connectivity index (χ3n) is 4.56. The van der Waals surface area contributed by atoms with Crippen LogP contribution in [0.15, 0.2) is 21.2 Å². The Hall–Kier alpha value is -3.04. The fourth-order valence-electron chi connectivity index (χ4n) is 2.96. The quantitative estimate of drug-likeness (QED) is 0.674. The third kappa shape index (κ3) is 5.77. The van der Waals surface area contributed by atoms with Gasteiger partial charge in [0.2, 0.25) is 5.95 Å². The number of fused-ring (bicyclic) bond motifs is 1. The lowest BCUT2D eigenvalue weighted by Crippen LogP contribution is -2.50. The molecule has 0 aliphatic heterocycles. The monoisotopic (exact) mass is 434 g/mol. The van der Waals surface area contributed by atoms with Gasteiger partial charge in [-0.3, -0.25) is 13.9 Å². The lowest BCUT2D eigenvalue weighted by Gasteiger charge is -2.29. The van der Waals surface area contributed by atoms with E-state index in [9.17, 15) is 14.4 Å². The van der Waals surface area contributed by atoms with Crippen molar-refractivity contribution < 1.29 is 9.53 Å². The lowest BCUT2D eigenvalue weighted by atomic mass is 10.1. The second-order valence-electron chi connectivity index (χ2n) is 9.57. The number of aryl methyl sites for hydroxylation is 1. The Balaban J connectivity index is 2.42. The van der Waals surface area contributed by atoms with Gasteiger partial charge in [0, 0.05) is 27.2 Å². The Morgan fingerprint density at radius 3 is 2.26 bits per heavy atom. The molecule has 0 aliphatic carbocycles. The summed E-state index contributed by atoms with van der Waals surface area (Å²) in [6.45, 7) is 13.8. The molecule has 1 amide bonds. The third-order valence-corrected chi connectivity index (χ3v) is 4.56. The molecular formula is C21H34N6O4. The predicted octanol–water partition coefficient (Wildman–Crippen LogP) is 2.12. The van der Waals surface area contributed by atoms with Crippen LogP contribution in [0, 0.1) is 0 Å². The van der Waals surface area contributed by atoms with E-state index in [-0.39, 0.29) is 0 Å².